The van der Waals surface area contributed by atoms with E-state index in [1.807, 2.05) is 24.3 Å². The molecule has 158 valence electrons. The highest BCUT2D eigenvalue weighted by Crippen LogP contribution is 2.22. The first kappa shape index (κ1) is 21.3. The zero-order valence-electron chi connectivity index (χ0n) is 16.6. The fourth-order valence-electron chi connectivity index (χ4n) is 3.79. The van der Waals surface area contributed by atoms with Crippen LogP contribution in [0, 0.1) is 0 Å². The maximum Gasteiger partial charge on any atom is 0.311 e. The topological polar surface area (TPSA) is 99.2 Å². The normalized spacial score (nSPS) is 19.9. The van der Waals surface area contributed by atoms with Crippen LogP contribution in [0.3, 0.4) is 0 Å². The molecule has 1 aromatic carbocycles. The van der Waals surface area contributed by atoms with Crippen LogP contribution in [0.5, 0.6) is 0 Å². The van der Waals surface area contributed by atoms with Crippen LogP contribution in [-0.2, 0) is 25.7 Å². The van der Waals surface area contributed by atoms with Gasteiger partial charge < -0.3 is 25.0 Å². The van der Waals surface area contributed by atoms with Gasteiger partial charge in [-0.05, 0) is 43.4 Å². The van der Waals surface area contributed by atoms with Crippen LogP contribution in [-0.4, -0.2) is 66.7 Å². The number of hydrogen-bond donors (Lipinski definition) is 2. The molecule has 8 heteroatoms. The third-order valence-corrected chi connectivity index (χ3v) is 5.30. The Morgan fingerprint density at radius 2 is 2.07 bits per heavy atom. The molecule has 0 saturated carbocycles. The number of aliphatic hydroxyl groups excluding tert-OH is 1. The van der Waals surface area contributed by atoms with Crippen LogP contribution >= 0.6 is 0 Å². The van der Waals surface area contributed by atoms with Crippen molar-refractivity contribution in [3.05, 3.63) is 29.8 Å². The fraction of sp³-hybridized carbons (Fsp3) is 0.571. The van der Waals surface area contributed by atoms with Crippen LogP contribution in [0.2, 0.25) is 0 Å². The summed E-state index contributed by atoms with van der Waals surface area (Å²) >= 11 is 0. The molecule has 3 rings (SSSR count). The lowest BCUT2D eigenvalue weighted by molar-refractivity contribution is -0.148. The van der Waals surface area contributed by atoms with Gasteiger partial charge in [0, 0.05) is 38.3 Å². The zero-order chi connectivity index (χ0) is 20.6. The molecule has 29 heavy (non-hydrogen) atoms. The maximum atomic E-state index is 12.5. The monoisotopic (exact) mass is 403 g/mol. The van der Waals surface area contributed by atoms with Gasteiger partial charge in [-0.25, -0.2) is 0 Å². The number of aliphatic hydroxyl groups is 1. The van der Waals surface area contributed by atoms with Crippen LogP contribution in [0.15, 0.2) is 24.3 Å². The van der Waals surface area contributed by atoms with Gasteiger partial charge in [0.25, 0.3) is 0 Å². The number of ether oxygens (including phenoxy) is 1. The van der Waals surface area contributed by atoms with Crippen molar-refractivity contribution < 1.29 is 24.2 Å². The van der Waals surface area contributed by atoms with Gasteiger partial charge in [-0.3, -0.25) is 14.4 Å². The Kier molecular flexibility index (Phi) is 7.60. The third kappa shape index (κ3) is 5.77. The number of carbonyl (C=O) groups excluding carboxylic acids is 3. The first-order chi connectivity index (χ1) is 14.1. The lowest BCUT2D eigenvalue weighted by Gasteiger charge is -2.32. The number of piperidine rings is 2. The lowest BCUT2D eigenvalue weighted by atomic mass is 10.1. The number of carbonyl (C=O) groups is 3. The number of nitrogens with one attached hydrogen (secondary N) is 1. The van der Waals surface area contributed by atoms with Crippen LogP contribution in [0.25, 0.3) is 0 Å². The number of benzene rings is 1. The number of anilines is 1. The summed E-state index contributed by atoms with van der Waals surface area (Å²) in [5, 5.41) is 11.5. The van der Waals surface area contributed by atoms with Gasteiger partial charge in [-0.15, -0.1) is 0 Å². The van der Waals surface area contributed by atoms with Crippen molar-refractivity contribution >= 4 is 23.4 Å². The van der Waals surface area contributed by atoms with Gasteiger partial charge >= 0.3 is 11.8 Å². The largest absolute Gasteiger partial charge is 0.394 e. The van der Waals surface area contributed by atoms with Gasteiger partial charge in [0.1, 0.15) is 0 Å². The molecule has 2 aliphatic rings. The highest BCUT2D eigenvalue weighted by atomic mass is 16.5. The molecule has 0 aromatic heterocycles. The molecule has 2 aliphatic heterocycles. The number of hydrogen-bond acceptors (Lipinski definition) is 5. The Morgan fingerprint density at radius 3 is 2.86 bits per heavy atom. The second kappa shape index (κ2) is 10.4. The molecule has 2 fully saturated rings. The van der Waals surface area contributed by atoms with E-state index >= 15 is 0 Å². The molecular weight excluding hydrogens is 374 g/mol. The van der Waals surface area contributed by atoms with Crippen molar-refractivity contribution in [1.82, 2.24) is 10.2 Å². The molecule has 1 atom stereocenters. The molecule has 0 radical (unpaired) electrons. The summed E-state index contributed by atoms with van der Waals surface area (Å²) in [5.74, 6) is -1.09. The smallest absolute Gasteiger partial charge is 0.311 e. The van der Waals surface area contributed by atoms with Crippen molar-refractivity contribution in [2.45, 2.75) is 44.8 Å². The fourth-order valence-corrected chi connectivity index (χ4v) is 3.79. The summed E-state index contributed by atoms with van der Waals surface area (Å²) in [7, 11) is 0. The molecule has 0 bridgehead atoms. The van der Waals surface area contributed by atoms with Crippen molar-refractivity contribution in [1.29, 1.82) is 0 Å². The van der Waals surface area contributed by atoms with E-state index in [-0.39, 0.29) is 31.8 Å². The third-order valence-electron chi connectivity index (χ3n) is 5.30. The van der Waals surface area contributed by atoms with Gasteiger partial charge in [-0.2, -0.15) is 0 Å². The molecule has 1 unspecified atom stereocenters. The highest BCUT2D eigenvalue weighted by Gasteiger charge is 2.28. The number of nitrogens with zero attached hydrogens (tertiary/aromatic N) is 2. The standard InChI is InChI=1S/C21H29N3O5/c25-11-12-29-18-7-4-9-23(15-18)21(28)20(27)22-14-16-5-3-6-17(13-16)24-10-2-1-8-19(24)26/h3,5-6,13,18,25H,1-2,4,7-12,14-15H2,(H,22,27). The Balaban J connectivity index is 1.53. The number of amides is 3. The Bertz CT molecular complexity index is 739. The van der Waals surface area contributed by atoms with E-state index < -0.39 is 11.8 Å². The average Bonchev–Trinajstić information content (AvgIpc) is 2.76. The summed E-state index contributed by atoms with van der Waals surface area (Å²) in [5.41, 5.74) is 1.66. The Labute approximate surface area is 170 Å². The van der Waals surface area contributed by atoms with Gasteiger partial charge in [-0.1, -0.05) is 12.1 Å². The van der Waals surface area contributed by atoms with Crippen LogP contribution < -0.4 is 10.2 Å². The van der Waals surface area contributed by atoms with Crippen LogP contribution in [0.4, 0.5) is 5.69 Å². The highest BCUT2D eigenvalue weighted by molar-refractivity contribution is 6.35. The van der Waals surface area contributed by atoms with E-state index in [2.05, 4.69) is 5.32 Å². The van der Waals surface area contributed by atoms with E-state index in [4.69, 9.17) is 9.84 Å². The molecule has 2 N–H and O–H groups in total. The van der Waals surface area contributed by atoms with Crippen molar-refractivity contribution in [2.75, 3.05) is 37.7 Å². The second-order valence-corrected chi connectivity index (χ2v) is 7.46. The predicted octanol–water partition coefficient (Wildman–Crippen LogP) is 0.820. The molecule has 8 nitrogen and oxygen atoms in total. The molecule has 3 amide bonds. The Hall–Kier alpha value is -2.45. The number of likely N-dealkylation sites (tertiary alicyclic amines) is 1. The second-order valence-electron chi connectivity index (χ2n) is 7.46. The molecule has 2 saturated heterocycles. The molecule has 0 aliphatic carbocycles. The van der Waals surface area contributed by atoms with Crippen molar-refractivity contribution in [3.8, 4) is 0 Å². The van der Waals surface area contributed by atoms with Gasteiger partial charge in [0.05, 0.1) is 19.3 Å². The summed E-state index contributed by atoms with van der Waals surface area (Å²) in [4.78, 5) is 40.2. The van der Waals surface area contributed by atoms with Gasteiger partial charge in [0.15, 0.2) is 0 Å². The molecule has 2 heterocycles. The predicted molar refractivity (Wildman–Crippen MR) is 107 cm³/mol. The SMILES string of the molecule is O=C(NCc1cccc(N2CCCCC2=O)c1)C(=O)N1CCCC(OCCO)C1. The zero-order valence-corrected chi connectivity index (χ0v) is 16.6. The minimum Gasteiger partial charge on any atom is -0.394 e. The van der Waals surface area contributed by atoms with E-state index in [0.717, 1.165) is 36.9 Å². The van der Waals surface area contributed by atoms with E-state index in [1.165, 1.54) is 4.90 Å². The molecule has 1 aromatic rings. The van der Waals surface area contributed by atoms with Gasteiger partial charge in [0.2, 0.25) is 5.91 Å². The summed E-state index contributed by atoms with van der Waals surface area (Å²) in [6.45, 7) is 1.98. The lowest BCUT2D eigenvalue weighted by Crippen LogP contribution is -2.49. The number of rotatable bonds is 6. The van der Waals surface area contributed by atoms with Crippen LogP contribution in [0.1, 0.15) is 37.7 Å². The minimum absolute atomic E-state index is 0.0625. The maximum absolute atomic E-state index is 12.5. The van der Waals surface area contributed by atoms with Crippen molar-refractivity contribution in [2.24, 2.45) is 0 Å². The van der Waals surface area contributed by atoms with E-state index in [0.29, 0.717) is 26.1 Å². The molecular formula is C21H29N3O5. The Morgan fingerprint density at radius 1 is 1.21 bits per heavy atom. The van der Waals surface area contributed by atoms with E-state index in [9.17, 15) is 14.4 Å². The minimum atomic E-state index is -0.646. The summed E-state index contributed by atoms with van der Waals surface area (Å²) < 4.78 is 5.49. The van der Waals surface area contributed by atoms with Crippen molar-refractivity contribution in [3.63, 3.8) is 0 Å². The van der Waals surface area contributed by atoms with E-state index in [1.54, 1.807) is 4.90 Å². The molecule has 0 spiro atoms. The average molecular weight is 403 g/mol. The quantitative estimate of drug-likeness (QED) is 0.685. The summed E-state index contributed by atoms with van der Waals surface area (Å²) in [6, 6.07) is 7.49. The first-order valence-electron chi connectivity index (χ1n) is 10.3. The summed E-state index contributed by atoms with van der Waals surface area (Å²) in [6.07, 6.45) is 3.91. The first-order valence-corrected chi connectivity index (χ1v) is 10.3.